The van der Waals surface area contributed by atoms with Crippen LogP contribution in [-0.4, -0.2) is 15.0 Å². The van der Waals surface area contributed by atoms with Gasteiger partial charge in [0, 0.05) is 17.8 Å². The number of halogens is 1. The fraction of sp³-hybridized carbons (Fsp3) is 0.600. The van der Waals surface area contributed by atoms with E-state index in [4.69, 9.17) is 5.73 Å². The second-order valence-electron chi connectivity index (χ2n) is 6.32. The van der Waals surface area contributed by atoms with Crippen molar-refractivity contribution < 1.29 is 12.8 Å². The second kappa shape index (κ2) is 5.93. The summed E-state index contributed by atoms with van der Waals surface area (Å²) in [6, 6.07) is 2.33. The molecule has 1 saturated carbocycles. The lowest BCUT2D eigenvalue weighted by Crippen LogP contribution is -2.37. The van der Waals surface area contributed by atoms with E-state index in [1.54, 1.807) is 0 Å². The molecule has 4 nitrogen and oxygen atoms in total. The number of benzene rings is 1. The third kappa shape index (κ3) is 3.74. The molecule has 0 aromatic heterocycles. The lowest BCUT2D eigenvalue weighted by molar-refractivity contribution is 0.219. The highest BCUT2D eigenvalue weighted by Gasteiger charge is 2.29. The van der Waals surface area contributed by atoms with Crippen molar-refractivity contribution in [1.82, 2.24) is 4.72 Å². The Hall–Kier alpha value is -1.14. The molecule has 0 unspecified atom stereocenters. The monoisotopic (exact) mass is 314 g/mol. The van der Waals surface area contributed by atoms with Gasteiger partial charge in [0.2, 0.25) is 10.0 Å². The summed E-state index contributed by atoms with van der Waals surface area (Å²) in [6.07, 6.45) is 5.50. The minimum Gasteiger partial charge on any atom is -0.398 e. The van der Waals surface area contributed by atoms with Crippen molar-refractivity contribution in [2.75, 3.05) is 12.3 Å². The van der Waals surface area contributed by atoms with Crippen LogP contribution in [0, 0.1) is 18.2 Å². The van der Waals surface area contributed by atoms with Crippen LogP contribution in [-0.2, 0) is 10.0 Å². The number of hydrogen-bond acceptors (Lipinski definition) is 3. The quantitative estimate of drug-likeness (QED) is 0.839. The topological polar surface area (TPSA) is 72.2 Å². The van der Waals surface area contributed by atoms with Crippen molar-refractivity contribution in [1.29, 1.82) is 0 Å². The molecule has 2 rings (SSSR count). The first-order chi connectivity index (χ1) is 9.73. The van der Waals surface area contributed by atoms with Crippen LogP contribution in [0.25, 0.3) is 0 Å². The number of hydrogen-bond donors (Lipinski definition) is 2. The van der Waals surface area contributed by atoms with Crippen LogP contribution in [0.4, 0.5) is 10.1 Å². The Balaban J connectivity index is 2.15. The zero-order valence-corrected chi connectivity index (χ0v) is 13.4. The van der Waals surface area contributed by atoms with Gasteiger partial charge in [-0.3, -0.25) is 0 Å². The van der Waals surface area contributed by atoms with Gasteiger partial charge in [-0.2, -0.15) is 0 Å². The highest BCUT2D eigenvalue weighted by Crippen LogP contribution is 2.35. The molecule has 0 aliphatic heterocycles. The first-order valence-corrected chi connectivity index (χ1v) is 8.77. The van der Waals surface area contributed by atoms with Crippen molar-refractivity contribution in [2.45, 2.75) is 50.8 Å². The van der Waals surface area contributed by atoms with E-state index in [1.807, 2.05) is 0 Å². The first kappa shape index (κ1) is 16.2. The smallest absolute Gasteiger partial charge is 0.240 e. The van der Waals surface area contributed by atoms with Gasteiger partial charge in [0.25, 0.3) is 0 Å². The van der Waals surface area contributed by atoms with E-state index >= 15 is 0 Å². The summed E-state index contributed by atoms with van der Waals surface area (Å²) in [5.41, 5.74) is 6.06. The maximum absolute atomic E-state index is 13.7. The zero-order valence-electron chi connectivity index (χ0n) is 12.6. The van der Waals surface area contributed by atoms with E-state index in [9.17, 15) is 12.8 Å². The van der Waals surface area contributed by atoms with E-state index in [0.717, 1.165) is 31.7 Å². The van der Waals surface area contributed by atoms with Crippen molar-refractivity contribution in [2.24, 2.45) is 5.41 Å². The van der Waals surface area contributed by atoms with Gasteiger partial charge in [0.15, 0.2) is 0 Å². The number of sulfonamides is 1. The van der Waals surface area contributed by atoms with E-state index in [1.165, 1.54) is 19.4 Å². The van der Waals surface area contributed by atoms with Gasteiger partial charge in [-0.1, -0.05) is 26.2 Å². The minimum atomic E-state index is -3.73. The van der Waals surface area contributed by atoms with Crippen molar-refractivity contribution in [3.8, 4) is 0 Å². The van der Waals surface area contributed by atoms with Gasteiger partial charge in [-0.15, -0.1) is 0 Å². The molecule has 0 atom stereocenters. The highest BCUT2D eigenvalue weighted by atomic mass is 32.2. The van der Waals surface area contributed by atoms with Gasteiger partial charge in [0.05, 0.1) is 4.90 Å². The Bertz CT molecular complexity index is 600. The summed E-state index contributed by atoms with van der Waals surface area (Å²) >= 11 is 0. The number of nitrogens with two attached hydrogens (primary N) is 1. The van der Waals surface area contributed by atoms with E-state index in [-0.39, 0.29) is 21.6 Å². The largest absolute Gasteiger partial charge is 0.398 e. The normalized spacial score (nSPS) is 18.6. The molecule has 1 aliphatic rings. The third-order valence-electron chi connectivity index (χ3n) is 4.42. The maximum atomic E-state index is 13.7. The van der Waals surface area contributed by atoms with Crippen LogP contribution in [0.2, 0.25) is 0 Å². The predicted molar refractivity (Wildman–Crippen MR) is 81.9 cm³/mol. The molecule has 1 aromatic carbocycles. The van der Waals surface area contributed by atoms with Gasteiger partial charge >= 0.3 is 0 Å². The average molecular weight is 314 g/mol. The molecule has 118 valence electrons. The molecular formula is C15H23FN2O2S. The van der Waals surface area contributed by atoms with Crippen LogP contribution in [0.15, 0.2) is 17.0 Å². The lowest BCUT2D eigenvalue weighted by Gasteiger charge is -2.33. The maximum Gasteiger partial charge on any atom is 0.240 e. The molecule has 1 aromatic rings. The van der Waals surface area contributed by atoms with Crippen LogP contribution >= 0.6 is 0 Å². The van der Waals surface area contributed by atoms with E-state index < -0.39 is 15.8 Å². The van der Waals surface area contributed by atoms with Crippen molar-refractivity contribution >= 4 is 15.7 Å². The summed E-state index contributed by atoms with van der Waals surface area (Å²) in [4.78, 5) is -0.109. The van der Waals surface area contributed by atoms with Crippen molar-refractivity contribution in [3.05, 3.63) is 23.5 Å². The van der Waals surface area contributed by atoms with E-state index in [0.29, 0.717) is 6.54 Å². The highest BCUT2D eigenvalue weighted by molar-refractivity contribution is 7.89. The first-order valence-electron chi connectivity index (χ1n) is 7.29. The van der Waals surface area contributed by atoms with Gasteiger partial charge in [-0.25, -0.2) is 17.5 Å². The Labute approximate surface area is 126 Å². The fourth-order valence-electron chi connectivity index (χ4n) is 2.76. The molecule has 0 heterocycles. The predicted octanol–water partition coefficient (Wildman–Crippen LogP) is 2.97. The van der Waals surface area contributed by atoms with Crippen molar-refractivity contribution in [3.63, 3.8) is 0 Å². The summed E-state index contributed by atoms with van der Waals surface area (Å²) in [7, 11) is -3.73. The second-order valence-corrected chi connectivity index (χ2v) is 8.08. The fourth-order valence-corrected chi connectivity index (χ4v) is 4.01. The molecule has 21 heavy (non-hydrogen) atoms. The molecule has 0 amide bonds. The van der Waals surface area contributed by atoms with E-state index in [2.05, 4.69) is 11.6 Å². The molecule has 0 radical (unpaired) electrons. The molecular weight excluding hydrogens is 291 g/mol. The zero-order chi connectivity index (χ0) is 15.7. The van der Waals surface area contributed by atoms with Crippen LogP contribution in [0.1, 0.15) is 44.6 Å². The Morgan fingerprint density at radius 2 is 1.90 bits per heavy atom. The summed E-state index contributed by atoms with van der Waals surface area (Å²) in [5, 5.41) is 0. The number of rotatable bonds is 4. The van der Waals surface area contributed by atoms with Crippen LogP contribution in [0.5, 0.6) is 0 Å². The lowest BCUT2D eigenvalue weighted by atomic mass is 9.76. The van der Waals surface area contributed by atoms with Crippen LogP contribution in [0.3, 0.4) is 0 Å². The van der Waals surface area contributed by atoms with Gasteiger partial charge in [0.1, 0.15) is 5.82 Å². The molecule has 1 aliphatic carbocycles. The third-order valence-corrected chi connectivity index (χ3v) is 5.80. The Morgan fingerprint density at radius 1 is 1.29 bits per heavy atom. The average Bonchev–Trinajstić information content (AvgIpc) is 2.43. The SMILES string of the molecule is Cc1c(N)cc(S(=O)(=O)NCC2(C)CCCCC2)cc1F. The molecule has 1 fully saturated rings. The molecule has 0 spiro atoms. The van der Waals surface area contributed by atoms with Gasteiger partial charge in [-0.05, 0) is 37.3 Å². The molecule has 0 bridgehead atoms. The molecule has 6 heteroatoms. The summed E-state index contributed by atoms with van der Waals surface area (Å²) < 4.78 is 40.9. The van der Waals surface area contributed by atoms with Gasteiger partial charge < -0.3 is 5.73 Å². The number of anilines is 1. The number of nitrogens with one attached hydrogen (secondary N) is 1. The standard InChI is InChI=1S/C15H23FN2O2S/c1-11-13(16)8-12(9-14(11)17)21(19,20)18-10-15(2)6-4-3-5-7-15/h8-9,18H,3-7,10,17H2,1-2H3. The summed E-state index contributed by atoms with van der Waals surface area (Å²) in [5.74, 6) is -0.598. The summed E-state index contributed by atoms with van der Waals surface area (Å²) in [6.45, 7) is 4.00. The Kier molecular flexibility index (Phi) is 4.58. The number of nitrogen functional groups attached to an aromatic ring is 1. The molecule has 0 saturated heterocycles. The Morgan fingerprint density at radius 3 is 2.48 bits per heavy atom. The van der Waals surface area contributed by atoms with Crippen LogP contribution < -0.4 is 10.5 Å². The molecule has 3 N–H and O–H groups in total. The minimum absolute atomic E-state index is 0.0138.